The van der Waals surface area contributed by atoms with Crippen molar-refractivity contribution in [1.82, 2.24) is 10.3 Å². The van der Waals surface area contributed by atoms with Crippen molar-refractivity contribution in [3.8, 4) is 16.9 Å². The largest absolute Gasteiger partial charge is 0.497 e. The van der Waals surface area contributed by atoms with Gasteiger partial charge in [-0.2, -0.15) is 0 Å². The summed E-state index contributed by atoms with van der Waals surface area (Å²) in [6, 6.07) is 23.5. The first-order valence-electron chi connectivity index (χ1n) is 9.39. The fourth-order valence-electron chi connectivity index (χ4n) is 3.63. The fraction of sp³-hybridized carbons (Fsp3) is 0.208. The molecule has 1 aliphatic rings. The molecule has 0 spiro atoms. The van der Waals surface area contributed by atoms with E-state index in [-0.39, 0.29) is 0 Å². The zero-order chi connectivity index (χ0) is 18.5. The molecule has 0 saturated carbocycles. The maximum Gasteiger partial charge on any atom is 0.119 e. The van der Waals surface area contributed by atoms with E-state index in [4.69, 9.17) is 4.74 Å². The van der Waals surface area contributed by atoms with Crippen LogP contribution < -0.4 is 10.1 Å². The second-order valence-corrected chi connectivity index (χ2v) is 6.88. The van der Waals surface area contributed by atoms with Gasteiger partial charge in [0, 0.05) is 30.9 Å². The number of pyridine rings is 1. The molecule has 1 N–H and O–H groups in total. The second kappa shape index (κ2) is 8.19. The zero-order valence-electron chi connectivity index (χ0n) is 15.6. The lowest BCUT2D eigenvalue weighted by molar-refractivity contribution is 0.415. The molecule has 3 heteroatoms. The monoisotopic (exact) mass is 356 g/mol. The van der Waals surface area contributed by atoms with Crippen molar-refractivity contribution in [2.75, 3.05) is 13.7 Å². The lowest BCUT2D eigenvalue weighted by Crippen LogP contribution is -2.34. The molecule has 4 rings (SSSR count). The van der Waals surface area contributed by atoms with Crippen LogP contribution in [0.2, 0.25) is 0 Å². The average molecular weight is 356 g/mol. The minimum Gasteiger partial charge on any atom is -0.497 e. The van der Waals surface area contributed by atoms with Gasteiger partial charge < -0.3 is 10.1 Å². The highest BCUT2D eigenvalue weighted by Gasteiger charge is 2.17. The predicted molar refractivity (Wildman–Crippen MR) is 111 cm³/mol. The Labute approximate surface area is 160 Å². The van der Waals surface area contributed by atoms with Crippen LogP contribution in [0.5, 0.6) is 5.75 Å². The van der Waals surface area contributed by atoms with Crippen molar-refractivity contribution in [2.45, 2.75) is 18.9 Å². The molecule has 2 aromatic carbocycles. The first kappa shape index (κ1) is 17.5. The van der Waals surface area contributed by atoms with E-state index < -0.39 is 0 Å². The third-order valence-corrected chi connectivity index (χ3v) is 5.04. The molecule has 0 saturated heterocycles. The van der Waals surface area contributed by atoms with E-state index in [0.29, 0.717) is 6.04 Å². The van der Waals surface area contributed by atoms with E-state index >= 15 is 0 Å². The van der Waals surface area contributed by atoms with Crippen molar-refractivity contribution in [3.05, 3.63) is 90.3 Å². The van der Waals surface area contributed by atoms with Gasteiger partial charge in [-0.15, -0.1) is 0 Å². The van der Waals surface area contributed by atoms with Crippen molar-refractivity contribution in [2.24, 2.45) is 0 Å². The fourth-order valence-corrected chi connectivity index (χ4v) is 3.63. The Morgan fingerprint density at radius 3 is 2.63 bits per heavy atom. The Balaban J connectivity index is 1.49. The van der Waals surface area contributed by atoms with E-state index in [1.54, 1.807) is 7.11 Å². The molecule has 27 heavy (non-hydrogen) atoms. The number of ether oxygens (including phenoxy) is 1. The van der Waals surface area contributed by atoms with Gasteiger partial charge in [0.25, 0.3) is 0 Å². The summed E-state index contributed by atoms with van der Waals surface area (Å²) >= 11 is 0. The van der Waals surface area contributed by atoms with Gasteiger partial charge in [-0.05, 0) is 52.9 Å². The van der Waals surface area contributed by atoms with Crippen molar-refractivity contribution in [1.29, 1.82) is 0 Å². The molecular weight excluding hydrogens is 332 g/mol. The first-order chi connectivity index (χ1) is 13.3. The standard InChI is InChI=1S/C24H24N2O/c1-27-24-9-5-8-19(16-24)21-11-13-26-23(15-21)17-22-14-20(10-12-25-22)18-6-3-2-4-7-18/h2-11,13,15-16,22,25H,12,14,17H2,1H3. The number of nitrogens with zero attached hydrogens (tertiary/aromatic N) is 1. The van der Waals surface area contributed by atoms with Crippen molar-refractivity contribution in [3.63, 3.8) is 0 Å². The van der Waals surface area contributed by atoms with Gasteiger partial charge in [0.15, 0.2) is 0 Å². The molecular formula is C24H24N2O. The van der Waals surface area contributed by atoms with Gasteiger partial charge in [0.1, 0.15) is 5.75 Å². The molecule has 1 aliphatic heterocycles. The summed E-state index contributed by atoms with van der Waals surface area (Å²) in [5, 5.41) is 3.61. The number of nitrogens with one attached hydrogen (secondary N) is 1. The Hall–Kier alpha value is -2.91. The van der Waals surface area contributed by atoms with Gasteiger partial charge in [-0.1, -0.05) is 48.5 Å². The Bertz CT molecular complexity index is 934. The van der Waals surface area contributed by atoms with Crippen LogP contribution in [0, 0.1) is 0 Å². The van der Waals surface area contributed by atoms with E-state index in [2.05, 4.69) is 71.0 Å². The quantitative estimate of drug-likeness (QED) is 0.717. The van der Waals surface area contributed by atoms with E-state index in [0.717, 1.165) is 36.4 Å². The molecule has 1 aromatic heterocycles. The van der Waals surface area contributed by atoms with Crippen molar-refractivity contribution < 1.29 is 4.74 Å². The lowest BCUT2D eigenvalue weighted by Gasteiger charge is -2.24. The zero-order valence-corrected chi connectivity index (χ0v) is 15.6. The van der Waals surface area contributed by atoms with E-state index in [1.165, 1.54) is 16.7 Å². The van der Waals surface area contributed by atoms with Gasteiger partial charge >= 0.3 is 0 Å². The van der Waals surface area contributed by atoms with Crippen LogP contribution in [0.4, 0.5) is 0 Å². The smallest absolute Gasteiger partial charge is 0.119 e. The van der Waals surface area contributed by atoms with Crippen molar-refractivity contribution >= 4 is 5.57 Å². The van der Waals surface area contributed by atoms with Gasteiger partial charge in [-0.25, -0.2) is 0 Å². The third kappa shape index (κ3) is 4.26. The Kier molecular flexibility index (Phi) is 5.31. The minimum absolute atomic E-state index is 0.401. The number of methoxy groups -OCH3 is 1. The molecule has 3 aromatic rings. The number of rotatable bonds is 5. The second-order valence-electron chi connectivity index (χ2n) is 6.88. The maximum atomic E-state index is 5.35. The SMILES string of the molecule is COc1cccc(-c2ccnc(CC3CC(c4ccccc4)=CCN3)c2)c1. The maximum absolute atomic E-state index is 5.35. The molecule has 136 valence electrons. The van der Waals surface area contributed by atoms with Crippen LogP contribution in [0.1, 0.15) is 17.7 Å². The van der Waals surface area contributed by atoms with Crippen LogP contribution in [-0.4, -0.2) is 24.7 Å². The summed E-state index contributed by atoms with van der Waals surface area (Å²) in [4.78, 5) is 4.61. The highest BCUT2D eigenvalue weighted by molar-refractivity contribution is 5.67. The average Bonchev–Trinajstić information content (AvgIpc) is 2.75. The number of hydrogen-bond donors (Lipinski definition) is 1. The third-order valence-electron chi connectivity index (χ3n) is 5.04. The number of aromatic nitrogens is 1. The highest BCUT2D eigenvalue weighted by atomic mass is 16.5. The van der Waals surface area contributed by atoms with Gasteiger partial charge in [-0.3, -0.25) is 4.98 Å². The molecule has 1 unspecified atom stereocenters. The summed E-state index contributed by atoms with van der Waals surface area (Å²) in [5.41, 5.74) is 6.18. The number of hydrogen-bond acceptors (Lipinski definition) is 3. The van der Waals surface area contributed by atoms with E-state index in [9.17, 15) is 0 Å². The summed E-state index contributed by atoms with van der Waals surface area (Å²) < 4.78 is 5.35. The summed E-state index contributed by atoms with van der Waals surface area (Å²) in [7, 11) is 1.70. The Morgan fingerprint density at radius 2 is 1.78 bits per heavy atom. The van der Waals surface area contributed by atoms with Gasteiger partial charge in [0.2, 0.25) is 0 Å². The van der Waals surface area contributed by atoms with Crippen LogP contribution in [0.15, 0.2) is 79.0 Å². The first-order valence-corrected chi connectivity index (χ1v) is 9.39. The van der Waals surface area contributed by atoms with E-state index in [1.807, 2.05) is 18.3 Å². The topological polar surface area (TPSA) is 34.1 Å². The highest BCUT2D eigenvalue weighted by Crippen LogP contribution is 2.26. The molecule has 0 aliphatic carbocycles. The minimum atomic E-state index is 0.401. The Morgan fingerprint density at radius 1 is 0.963 bits per heavy atom. The summed E-state index contributed by atoms with van der Waals surface area (Å²) in [6.45, 7) is 0.907. The van der Waals surface area contributed by atoms with Crippen LogP contribution >= 0.6 is 0 Å². The van der Waals surface area contributed by atoms with Crippen LogP contribution in [-0.2, 0) is 6.42 Å². The molecule has 1 atom stereocenters. The molecule has 0 amide bonds. The number of benzene rings is 2. The lowest BCUT2D eigenvalue weighted by atomic mass is 9.92. The normalized spacial score (nSPS) is 16.6. The van der Waals surface area contributed by atoms with Crippen LogP contribution in [0.25, 0.3) is 16.7 Å². The van der Waals surface area contributed by atoms with Gasteiger partial charge in [0.05, 0.1) is 7.11 Å². The molecule has 3 nitrogen and oxygen atoms in total. The summed E-state index contributed by atoms with van der Waals surface area (Å²) in [5.74, 6) is 0.873. The molecule has 0 fully saturated rings. The summed E-state index contributed by atoms with van der Waals surface area (Å²) in [6.07, 6.45) is 6.14. The molecule has 0 radical (unpaired) electrons. The molecule has 0 bridgehead atoms. The molecule has 2 heterocycles. The predicted octanol–water partition coefficient (Wildman–Crippen LogP) is 4.75. The van der Waals surface area contributed by atoms with Crippen LogP contribution in [0.3, 0.4) is 0 Å².